The number of carbonyl (C=O) groups excluding carboxylic acids is 1. The number of esters is 1. The van der Waals surface area contributed by atoms with Gasteiger partial charge in [-0.1, -0.05) is 46.3 Å². The molecule has 0 radical (unpaired) electrons. The molecule has 0 bridgehead atoms. The minimum atomic E-state index is -0.815. The largest absolute Gasteiger partial charge is 0.455 e. The average molecular weight is 457 g/mol. The first-order chi connectivity index (χ1) is 13.2. The Morgan fingerprint density at radius 1 is 1.07 bits per heavy atom. The molecule has 154 valence electrons. The maximum atomic E-state index is 12.8. The second-order valence-electron chi connectivity index (χ2n) is 8.11. The van der Waals surface area contributed by atoms with E-state index in [0.717, 1.165) is 5.56 Å². The smallest absolute Gasteiger partial charge is 0.324 e. The lowest BCUT2D eigenvalue weighted by molar-refractivity contribution is -0.235. The van der Waals surface area contributed by atoms with Gasteiger partial charge in [0, 0.05) is 0 Å². The number of rotatable bonds is 4. The van der Waals surface area contributed by atoms with Crippen molar-refractivity contribution in [1.29, 1.82) is 0 Å². The van der Waals surface area contributed by atoms with Gasteiger partial charge in [0.25, 0.3) is 0 Å². The highest BCUT2D eigenvalue weighted by molar-refractivity contribution is 9.09. The first-order valence-corrected chi connectivity index (χ1v) is 10.3. The van der Waals surface area contributed by atoms with Crippen molar-refractivity contribution in [2.75, 3.05) is 6.61 Å². The molecular formula is C20H25BrO7. The van der Waals surface area contributed by atoms with Gasteiger partial charge >= 0.3 is 5.97 Å². The molecule has 1 aromatic carbocycles. The predicted octanol–water partition coefficient (Wildman–Crippen LogP) is 3.06. The Hall–Kier alpha value is -1.03. The van der Waals surface area contributed by atoms with Crippen molar-refractivity contribution >= 4 is 21.9 Å². The van der Waals surface area contributed by atoms with Crippen molar-refractivity contribution in [2.24, 2.45) is 0 Å². The van der Waals surface area contributed by atoms with E-state index in [9.17, 15) is 4.79 Å². The quantitative estimate of drug-likeness (QED) is 0.509. The van der Waals surface area contributed by atoms with Gasteiger partial charge in [0.1, 0.15) is 17.0 Å². The molecular weight excluding hydrogens is 432 g/mol. The third kappa shape index (κ3) is 3.99. The number of benzene rings is 1. The molecule has 6 atom stereocenters. The molecule has 3 saturated heterocycles. The van der Waals surface area contributed by atoms with Crippen LogP contribution in [0, 0.1) is 0 Å². The van der Waals surface area contributed by atoms with E-state index in [4.69, 9.17) is 28.4 Å². The van der Waals surface area contributed by atoms with E-state index in [2.05, 4.69) is 15.9 Å². The van der Waals surface area contributed by atoms with E-state index in [0.29, 0.717) is 6.61 Å². The third-order valence-corrected chi connectivity index (χ3v) is 5.88. The summed E-state index contributed by atoms with van der Waals surface area (Å²) in [4.78, 5) is 12.2. The minimum absolute atomic E-state index is 0.338. The number of ether oxygens (including phenoxy) is 6. The molecule has 0 spiro atoms. The van der Waals surface area contributed by atoms with E-state index in [1.807, 2.05) is 44.2 Å². The van der Waals surface area contributed by atoms with Crippen LogP contribution in [0.4, 0.5) is 0 Å². The number of halogens is 1. The average Bonchev–Trinajstić information content (AvgIpc) is 3.25. The van der Waals surface area contributed by atoms with Crippen LogP contribution in [-0.4, -0.2) is 54.9 Å². The van der Waals surface area contributed by atoms with Gasteiger partial charge in [-0.05, 0) is 33.3 Å². The number of alkyl halides is 1. The summed E-state index contributed by atoms with van der Waals surface area (Å²) < 4.78 is 35.3. The number of hydrogen-bond acceptors (Lipinski definition) is 7. The monoisotopic (exact) mass is 456 g/mol. The van der Waals surface area contributed by atoms with Gasteiger partial charge in [0.05, 0.1) is 6.61 Å². The summed E-state index contributed by atoms with van der Waals surface area (Å²) in [6, 6.07) is 9.36. The van der Waals surface area contributed by atoms with Gasteiger partial charge in [0.2, 0.25) is 0 Å². The molecule has 0 N–H and O–H groups in total. The molecule has 0 aliphatic carbocycles. The number of fused-ring (bicyclic) bond motifs is 1. The van der Waals surface area contributed by atoms with Crippen LogP contribution in [0.3, 0.4) is 0 Å². The van der Waals surface area contributed by atoms with E-state index < -0.39 is 47.0 Å². The van der Waals surface area contributed by atoms with Crippen LogP contribution in [0.5, 0.6) is 0 Å². The Kier molecular flexibility index (Phi) is 5.31. The van der Waals surface area contributed by atoms with E-state index in [-0.39, 0.29) is 6.10 Å². The Balaban J connectivity index is 1.52. The van der Waals surface area contributed by atoms with Crippen LogP contribution in [-0.2, 0) is 33.2 Å². The van der Waals surface area contributed by atoms with Gasteiger partial charge in [-0.25, -0.2) is 0 Å². The van der Waals surface area contributed by atoms with Gasteiger partial charge in [-0.3, -0.25) is 4.79 Å². The zero-order chi connectivity index (χ0) is 20.1. The fourth-order valence-electron chi connectivity index (χ4n) is 3.77. The molecule has 3 fully saturated rings. The lowest BCUT2D eigenvalue weighted by Gasteiger charge is -2.29. The van der Waals surface area contributed by atoms with Crippen molar-refractivity contribution < 1.29 is 33.2 Å². The number of hydrogen-bond donors (Lipinski definition) is 0. The van der Waals surface area contributed by atoms with Crippen LogP contribution in [0.15, 0.2) is 30.3 Å². The molecule has 4 rings (SSSR count). The molecule has 3 aliphatic rings. The maximum Gasteiger partial charge on any atom is 0.324 e. The van der Waals surface area contributed by atoms with Crippen molar-refractivity contribution in [3.63, 3.8) is 0 Å². The molecule has 1 aromatic rings. The standard InChI is InChI=1S/C20H25BrO7/c1-19(2)23-10-12(26-19)14-15(16-18(25-14)28-20(3,4)27-16)24-17(22)13(21)11-8-6-5-7-9-11/h5-9,12-16,18H,10H2,1-4H3/t12-,13-,14-,15+,16-,18-/m1/s1. The number of carbonyl (C=O) groups is 1. The van der Waals surface area contributed by atoms with Crippen molar-refractivity contribution in [1.82, 2.24) is 0 Å². The second kappa shape index (κ2) is 7.34. The summed E-state index contributed by atoms with van der Waals surface area (Å²) in [6.45, 7) is 7.62. The van der Waals surface area contributed by atoms with Gasteiger partial charge in [-0.2, -0.15) is 0 Å². The molecule has 3 heterocycles. The topological polar surface area (TPSA) is 72.5 Å². The van der Waals surface area contributed by atoms with Crippen LogP contribution in [0.1, 0.15) is 38.1 Å². The Morgan fingerprint density at radius 3 is 2.43 bits per heavy atom. The Labute approximate surface area is 172 Å². The van der Waals surface area contributed by atoms with Crippen LogP contribution < -0.4 is 0 Å². The third-order valence-electron chi connectivity index (χ3n) is 4.98. The highest BCUT2D eigenvalue weighted by Crippen LogP contribution is 2.42. The zero-order valence-electron chi connectivity index (χ0n) is 16.3. The van der Waals surface area contributed by atoms with E-state index in [1.165, 1.54) is 0 Å². The molecule has 0 unspecified atom stereocenters. The molecule has 0 amide bonds. The van der Waals surface area contributed by atoms with Crippen molar-refractivity contribution in [3.8, 4) is 0 Å². The maximum absolute atomic E-state index is 12.8. The summed E-state index contributed by atoms with van der Waals surface area (Å²) in [5.74, 6) is -1.95. The molecule has 0 saturated carbocycles. The first-order valence-electron chi connectivity index (χ1n) is 9.38. The fraction of sp³-hybridized carbons (Fsp3) is 0.650. The minimum Gasteiger partial charge on any atom is -0.455 e. The first kappa shape index (κ1) is 20.3. The summed E-state index contributed by atoms with van der Waals surface area (Å²) in [5, 5.41) is 0. The summed E-state index contributed by atoms with van der Waals surface area (Å²) >= 11 is 3.43. The zero-order valence-corrected chi connectivity index (χ0v) is 17.9. The molecule has 8 heteroatoms. The normalized spacial score (nSPS) is 36.8. The fourth-order valence-corrected chi connectivity index (χ4v) is 4.18. The Bertz CT molecular complexity index is 723. The highest BCUT2D eigenvalue weighted by Gasteiger charge is 2.60. The molecule has 3 aliphatic heterocycles. The van der Waals surface area contributed by atoms with E-state index >= 15 is 0 Å². The van der Waals surface area contributed by atoms with Gasteiger partial charge in [0.15, 0.2) is 30.1 Å². The van der Waals surface area contributed by atoms with Crippen LogP contribution in [0.2, 0.25) is 0 Å². The summed E-state index contributed by atoms with van der Waals surface area (Å²) in [5.41, 5.74) is 0.810. The van der Waals surface area contributed by atoms with Crippen LogP contribution >= 0.6 is 15.9 Å². The lowest BCUT2D eigenvalue weighted by Crippen LogP contribution is -2.45. The lowest BCUT2D eigenvalue weighted by atomic mass is 10.1. The van der Waals surface area contributed by atoms with Crippen molar-refractivity contribution in [2.45, 2.75) is 74.8 Å². The van der Waals surface area contributed by atoms with Crippen molar-refractivity contribution in [3.05, 3.63) is 35.9 Å². The summed E-state index contributed by atoms with van der Waals surface area (Å²) in [6.07, 6.45) is -2.78. The SMILES string of the molecule is CC1(C)O[C@H]2O[C@H]([C@H]3COC(C)(C)O3)[C@H](OC(=O)[C@H](Br)c3ccccc3)[C@H]2O1. The second-order valence-corrected chi connectivity index (χ2v) is 9.03. The summed E-state index contributed by atoms with van der Waals surface area (Å²) in [7, 11) is 0. The Morgan fingerprint density at radius 2 is 1.79 bits per heavy atom. The van der Waals surface area contributed by atoms with Gasteiger partial charge in [-0.15, -0.1) is 0 Å². The van der Waals surface area contributed by atoms with Crippen LogP contribution in [0.25, 0.3) is 0 Å². The highest BCUT2D eigenvalue weighted by atomic mass is 79.9. The van der Waals surface area contributed by atoms with E-state index in [1.54, 1.807) is 13.8 Å². The predicted molar refractivity (Wildman–Crippen MR) is 102 cm³/mol. The molecule has 7 nitrogen and oxygen atoms in total. The van der Waals surface area contributed by atoms with Gasteiger partial charge < -0.3 is 28.4 Å². The molecule has 28 heavy (non-hydrogen) atoms. The molecule has 0 aromatic heterocycles.